The summed E-state index contributed by atoms with van der Waals surface area (Å²) in [6.07, 6.45) is 3.09. The summed E-state index contributed by atoms with van der Waals surface area (Å²) in [6.45, 7) is 7.60. The van der Waals surface area contributed by atoms with Gasteiger partial charge in [-0.15, -0.1) is 11.3 Å². The van der Waals surface area contributed by atoms with E-state index in [4.69, 9.17) is 14.7 Å². The highest BCUT2D eigenvalue weighted by molar-refractivity contribution is 7.15. The fourth-order valence-corrected chi connectivity index (χ4v) is 6.73. The average Bonchev–Trinajstić information content (AvgIpc) is 3.48. The highest BCUT2D eigenvalue weighted by Crippen LogP contribution is 2.41. The molecule has 1 amide bonds. The van der Waals surface area contributed by atoms with Gasteiger partial charge in [0.2, 0.25) is 5.95 Å². The Morgan fingerprint density at radius 3 is 2.40 bits per heavy atom. The van der Waals surface area contributed by atoms with Gasteiger partial charge in [0.25, 0.3) is 0 Å². The minimum atomic E-state index is -0.292. The molecule has 0 unspecified atom stereocenters. The van der Waals surface area contributed by atoms with Gasteiger partial charge in [0.15, 0.2) is 0 Å². The smallest absolute Gasteiger partial charge is 0.409 e. The molecule has 2 aliphatic rings. The molecule has 2 fully saturated rings. The molecule has 0 bridgehead atoms. The quantitative estimate of drug-likeness (QED) is 0.267. The van der Waals surface area contributed by atoms with E-state index in [1.165, 1.54) is 17.8 Å². The van der Waals surface area contributed by atoms with Crippen LogP contribution in [0.3, 0.4) is 0 Å². The van der Waals surface area contributed by atoms with Gasteiger partial charge in [0.05, 0.1) is 27.9 Å². The number of rotatable bonds is 7. The van der Waals surface area contributed by atoms with Gasteiger partial charge in [-0.1, -0.05) is 0 Å². The first-order valence-corrected chi connectivity index (χ1v) is 15.6. The third-order valence-electron chi connectivity index (χ3n) is 8.01. The van der Waals surface area contributed by atoms with Crippen LogP contribution in [0.25, 0.3) is 21.8 Å². The predicted molar refractivity (Wildman–Crippen MR) is 169 cm³/mol. The van der Waals surface area contributed by atoms with Crippen LogP contribution in [0.15, 0.2) is 60.8 Å². The summed E-state index contributed by atoms with van der Waals surface area (Å²) in [5, 5.41) is 4.34. The number of nitrogens with zero attached hydrogens (tertiary/aromatic N) is 6. The van der Waals surface area contributed by atoms with Gasteiger partial charge in [0.1, 0.15) is 5.82 Å². The number of piperazine rings is 1. The molecular weight excluding hydrogens is 565 g/mol. The number of thiazole rings is 1. The Bertz CT molecular complexity index is 1530. The van der Waals surface area contributed by atoms with Crippen molar-refractivity contribution >= 4 is 34.8 Å². The van der Waals surface area contributed by atoms with E-state index >= 15 is 0 Å². The summed E-state index contributed by atoms with van der Waals surface area (Å²) in [5.74, 6) is 0.411. The van der Waals surface area contributed by atoms with Crippen molar-refractivity contribution in [2.24, 2.45) is 0 Å². The van der Waals surface area contributed by atoms with Gasteiger partial charge in [-0.05, 0) is 81.4 Å². The Morgan fingerprint density at radius 2 is 1.70 bits per heavy atom. The van der Waals surface area contributed by atoms with Crippen molar-refractivity contribution in [1.29, 1.82) is 0 Å². The number of likely N-dealkylation sites (N-methyl/N-ethyl adjacent to an activating group) is 1. The molecule has 224 valence electrons. The van der Waals surface area contributed by atoms with Crippen molar-refractivity contribution in [3.05, 3.63) is 71.6 Å². The lowest BCUT2D eigenvalue weighted by Gasteiger charge is -2.34. The lowest BCUT2D eigenvalue weighted by Crippen LogP contribution is -2.44. The maximum atomic E-state index is 13.8. The van der Waals surface area contributed by atoms with Gasteiger partial charge in [0, 0.05) is 68.3 Å². The topological polar surface area (TPSA) is 86.7 Å². The Morgan fingerprint density at radius 1 is 0.977 bits per heavy atom. The van der Waals surface area contributed by atoms with Crippen LogP contribution < -0.4 is 10.2 Å². The van der Waals surface area contributed by atoms with E-state index in [0.29, 0.717) is 25.6 Å². The Balaban J connectivity index is 1.23. The van der Waals surface area contributed by atoms with E-state index < -0.39 is 0 Å². The Labute approximate surface area is 255 Å². The van der Waals surface area contributed by atoms with Gasteiger partial charge < -0.3 is 24.8 Å². The Kier molecular flexibility index (Phi) is 8.80. The van der Waals surface area contributed by atoms with Gasteiger partial charge in [-0.25, -0.2) is 24.1 Å². The molecule has 2 aromatic heterocycles. The molecule has 2 saturated heterocycles. The molecule has 0 aliphatic carbocycles. The fourth-order valence-electron chi connectivity index (χ4n) is 5.51. The number of anilines is 3. The molecule has 2 aliphatic heterocycles. The van der Waals surface area contributed by atoms with Crippen LogP contribution in [0.2, 0.25) is 0 Å². The van der Waals surface area contributed by atoms with Gasteiger partial charge >= 0.3 is 6.09 Å². The summed E-state index contributed by atoms with van der Waals surface area (Å²) in [4.78, 5) is 34.0. The molecule has 0 radical (unpaired) electrons. The van der Waals surface area contributed by atoms with Crippen molar-refractivity contribution in [1.82, 2.24) is 24.8 Å². The number of aromatic nitrogens is 3. The summed E-state index contributed by atoms with van der Waals surface area (Å²) in [7, 11) is 2.16. The van der Waals surface area contributed by atoms with E-state index in [1.807, 2.05) is 13.0 Å². The molecule has 1 N–H and O–H groups in total. The zero-order valence-electron chi connectivity index (χ0n) is 24.5. The molecule has 2 aromatic carbocycles. The van der Waals surface area contributed by atoms with Crippen LogP contribution in [-0.2, 0) is 4.74 Å². The zero-order valence-corrected chi connectivity index (χ0v) is 25.3. The van der Waals surface area contributed by atoms with Crippen molar-refractivity contribution in [2.45, 2.75) is 25.7 Å². The number of hydrogen-bond donors (Lipinski definition) is 1. The number of piperidine rings is 1. The average molecular weight is 602 g/mol. The van der Waals surface area contributed by atoms with Crippen molar-refractivity contribution in [3.8, 4) is 21.8 Å². The lowest BCUT2D eigenvalue weighted by molar-refractivity contribution is 0.0970. The van der Waals surface area contributed by atoms with Crippen LogP contribution in [0.5, 0.6) is 0 Å². The van der Waals surface area contributed by atoms with E-state index in [1.54, 1.807) is 34.6 Å². The second-order valence-electron chi connectivity index (χ2n) is 10.9. The van der Waals surface area contributed by atoms with Crippen molar-refractivity contribution in [3.63, 3.8) is 0 Å². The molecular formula is C32H36FN7O2S. The van der Waals surface area contributed by atoms with Crippen LogP contribution in [0, 0.1) is 5.82 Å². The van der Waals surface area contributed by atoms with Crippen LogP contribution in [0.4, 0.5) is 26.5 Å². The molecule has 6 rings (SSSR count). The van der Waals surface area contributed by atoms with Crippen LogP contribution >= 0.6 is 11.3 Å². The third kappa shape index (κ3) is 6.78. The molecule has 9 nitrogen and oxygen atoms in total. The number of nitrogens with one attached hydrogen (secondary N) is 1. The minimum Gasteiger partial charge on any atom is -0.450 e. The molecule has 43 heavy (non-hydrogen) atoms. The standard InChI is InChI=1S/C32H36FN7O2S/c1-3-42-32(41)40-16-13-23(14-17-40)30-37-28(22-4-6-24(33)7-5-22)29(43-30)27-12-15-34-31(36-27)35-25-8-10-26(11-9-25)39-20-18-38(2)19-21-39/h4-12,15,23H,3,13-14,16-21H2,1-2H3,(H,34,35,36). The molecule has 4 aromatic rings. The maximum Gasteiger partial charge on any atom is 0.409 e. The van der Waals surface area contributed by atoms with Crippen molar-refractivity contribution in [2.75, 3.05) is 63.1 Å². The summed E-state index contributed by atoms with van der Waals surface area (Å²) < 4.78 is 19.0. The zero-order chi connectivity index (χ0) is 29.8. The third-order valence-corrected chi connectivity index (χ3v) is 9.25. The number of hydrogen-bond acceptors (Lipinski definition) is 9. The largest absolute Gasteiger partial charge is 0.450 e. The molecule has 11 heteroatoms. The van der Waals surface area contributed by atoms with E-state index in [9.17, 15) is 9.18 Å². The van der Waals surface area contributed by atoms with Crippen LogP contribution in [-0.4, -0.2) is 83.8 Å². The first kappa shape index (κ1) is 29.0. The SMILES string of the molecule is CCOC(=O)N1CCC(c2nc(-c3ccc(F)cc3)c(-c3ccnc(Nc4ccc(N5CCN(C)CC5)cc4)n3)s2)CC1. The number of carbonyl (C=O) groups excluding carboxylic acids is 1. The molecule has 0 atom stereocenters. The minimum absolute atomic E-state index is 0.210. The first-order valence-electron chi connectivity index (χ1n) is 14.8. The first-order chi connectivity index (χ1) is 21.0. The fraction of sp³-hybridized carbons (Fsp3) is 0.375. The molecule has 0 spiro atoms. The van der Waals surface area contributed by atoms with Gasteiger partial charge in [-0.2, -0.15) is 0 Å². The predicted octanol–water partition coefficient (Wildman–Crippen LogP) is 6.24. The highest BCUT2D eigenvalue weighted by atomic mass is 32.1. The number of benzene rings is 2. The van der Waals surface area contributed by atoms with Gasteiger partial charge in [-0.3, -0.25) is 0 Å². The lowest BCUT2D eigenvalue weighted by atomic mass is 9.98. The van der Waals surface area contributed by atoms with E-state index in [-0.39, 0.29) is 17.8 Å². The summed E-state index contributed by atoms with van der Waals surface area (Å²) in [5.41, 5.74) is 4.47. The van der Waals surface area contributed by atoms with E-state index in [0.717, 1.165) is 71.5 Å². The summed E-state index contributed by atoms with van der Waals surface area (Å²) in [6, 6.07) is 16.7. The maximum absolute atomic E-state index is 13.8. The number of ether oxygens (including phenoxy) is 1. The monoisotopic (exact) mass is 601 g/mol. The second-order valence-corrected chi connectivity index (χ2v) is 12.0. The number of carbonyl (C=O) groups is 1. The molecule has 4 heterocycles. The second kappa shape index (κ2) is 13.0. The summed E-state index contributed by atoms with van der Waals surface area (Å²) >= 11 is 1.60. The van der Waals surface area contributed by atoms with E-state index in [2.05, 4.69) is 51.4 Å². The van der Waals surface area contributed by atoms with Crippen molar-refractivity contribution < 1.29 is 13.9 Å². The Hall–Kier alpha value is -4.09. The highest BCUT2D eigenvalue weighted by Gasteiger charge is 2.28. The van der Waals surface area contributed by atoms with Crippen LogP contribution in [0.1, 0.15) is 30.7 Å². The number of halogens is 1. The number of amides is 1. The normalized spacial score (nSPS) is 16.3. The number of likely N-dealkylation sites (tertiary alicyclic amines) is 1. The molecule has 0 saturated carbocycles.